The zero-order valence-electron chi connectivity index (χ0n) is 21.6. The van der Waals surface area contributed by atoms with E-state index in [0.29, 0.717) is 6.42 Å². The highest BCUT2D eigenvalue weighted by atomic mass is 16.5. The van der Waals surface area contributed by atoms with Crippen LogP contribution in [-0.2, 0) is 9.53 Å². The van der Waals surface area contributed by atoms with Crippen molar-refractivity contribution in [3.05, 3.63) is 0 Å². The van der Waals surface area contributed by atoms with Gasteiger partial charge in [-0.25, -0.2) is 0 Å². The molecule has 0 spiro atoms. The van der Waals surface area contributed by atoms with Gasteiger partial charge in [0.25, 0.3) is 0 Å². The fourth-order valence-electron chi connectivity index (χ4n) is 7.21. The minimum atomic E-state index is -0.00939. The first-order chi connectivity index (χ1) is 15.7. The molecule has 0 aromatic rings. The van der Waals surface area contributed by atoms with Gasteiger partial charge in [-0.05, 0) is 68.1 Å². The maximum Gasteiger partial charge on any atom is 0.305 e. The summed E-state index contributed by atoms with van der Waals surface area (Å²) in [6, 6.07) is 0. The van der Waals surface area contributed by atoms with Crippen LogP contribution in [0.25, 0.3) is 0 Å². The second-order valence-corrected chi connectivity index (χ2v) is 11.8. The SMILES string of the molecule is CCCCCCC[C@H]1CC[C@H](CC[C@H]2CC[C@H]([C@H]3CC[C@H](OC(=O)CC)CC3)CC2)CC1. The zero-order valence-corrected chi connectivity index (χ0v) is 21.6. The van der Waals surface area contributed by atoms with E-state index in [9.17, 15) is 4.79 Å². The lowest BCUT2D eigenvalue weighted by atomic mass is 9.69. The van der Waals surface area contributed by atoms with E-state index in [2.05, 4.69) is 6.92 Å². The molecule has 0 radical (unpaired) electrons. The Kier molecular flexibility index (Phi) is 12.0. The summed E-state index contributed by atoms with van der Waals surface area (Å²) in [4.78, 5) is 11.5. The van der Waals surface area contributed by atoms with Gasteiger partial charge in [0.05, 0.1) is 0 Å². The van der Waals surface area contributed by atoms with Gasteiger partial charge in [-0.3, -0.25) is 4.79 Å². The maximum absolute atomic E-state index is 11.5. The number of hydrogen-bond acceptors (Lipinski definition) is 2. The van der Waals surface area contributed by atoms with Gasteiger partial charge < -0.3 is 4.74 Å². The highest BCUT2D eigenvalue weighted by Gasteiger charge is 2.32. The molecule has 0 aromatic carbocycles. The van der Waals surface area contributed by atoms with Gasteiger partial charge in [0.1, 0.15) is 6.10 Å². The van der Waals surface area contributed by atoms with Crippen LogP contribution < -0.4 is 0 Å². The van der Waals surface area contributed by atoms with Crippen molar-refractivity contribution >= 4 is 5.97 Å². The molecule has 0 atom stereocenters. The molecule has 3 aliphatic carbocycles. The Balaban J connectivity index is 1.22. The fraction of sp³-hybridized carbons (Fsp3) is 0.967. The molecule has 0 heterocycles. The number of unbranched alkanes of at least 4 members (excludes halogenated alkanes) is 4. The zero-order chi connectivity index (χ0) is 22.6. The predicted octanol–water partition coefficient (Wildman–Crippen LogP) is 9.25. The molecule has 2 heteroatoms. The first-order valence-corrected chi connectivity index (χ1v) is 14.9. The smallest absolute Gasteiger partial charge is 0.305 e. The van der Waals surface area contributed by atoms with Gasteiger partial charge >= 0.3 is 5.97 Å². The second kappa shape index (κ2) is 14.7. The van der Waals surface area contributed by atoms with Crippen LogP contribution in [-0.4, -0.2) is 12.1 Å². The minimum Gasteiger partial charge on any atom is -0.462 e. The third-order valence-corrected chi connectivity index (χ3v) is 9.53. The highest BCUT2D eigenvalue weighted by molar-refractivity contribution is 5.69. The van der Waals surface area contributed by atoms with E-state index in [1.807, 2.05) is 6.92 Å². The molecule has 3 aliphatic rings. The Bertz CT molecular complexity index is 491. The van der Waals surface area contributed by atoms with Crippen molar-refractivity contribution in [1.29, 1.82) is 0 Å². The van der Waals surface area contributed by atoms with Gasteiger partial charge in [-0.15, -0.1) is 0 Å². The quantitative estimate of drug-likeness (QED) is 0.220. The maximum atomic E-state index is 11.5. The molecule has 0 N–H and O–H groups in total. The van der Waals surface area contributed by atoms with Crippen molar-refractivity contribution in [2.75, 3.05) is 0 Å². The third kappa shape index (κ3) is 9.02. The molecule has 0 aromatic heterocycles. The summed E-state index contributed by atoms with van der Waals surface area (Å²) < 4.78 is 5.58. The summed E-state index contributed by atoms with van der Waals surface area (Å²) in [5.74, 6) is 4.98. The average molecular weight is 447 g/mol. The van der Waals surface area contributed by atoms with E-state index in [1.54, 1.807) is 0 Å². The summed E-state index contributed by atoms with van der Waals surface area (Å²) in [6.07, 6.45) is 29.3. The molecule has 3 saturated carbocycles. The molecule has 0 saturated heterocycles. The molecule has 0 amide bonds. The topological polar surface area (TPSA) is 26.3 Å². The lowest BCUT2D eigenvalue weighted by Gasteiger charge is -2.38. The molecule has 0 bridgehead atoms. The van der Waals surface area contributed by atoms with Crippen molar-refractivity contribution in [3.8, 4) is 0 Å². The van der Waals surface area contributed by atoms with E-state index in [1.165, 1.54) is 116 Å². The van der Waals surface area contributed by atoms with Crippen LogP contribution >= 0.6 is 0 Å². The highest BCUT2D eigenvalue weighted by Crippen LogP contribution is 2.42. The van der Waals surface area contributed by atoms with Gasteiger partial charge in [-0.2, -0.15) is 0 Å². The minimum absolute atomic E-state index is 0.00939. The molecule has 0 aliphatic heterocycles. The monoisotopic (exact) mass is 446 g/mol. The Hall–Kier alpha value is -0.530. The Labute approximate surface area is 200 Å². The molecule has 186 valence electrons. The van der Waals surface area contributed by atoms with Crippen LogP contribution in [0, 0.1) is 29.6 Å². The molecular formula is C30H54O2. The van der Waals surface area contributed by atoms with Crippen LogP contribution in [0.2, 0.25) is 0 Å². The normalized spacial score (nSPS) is 33.7. The first kappa shape index (κ1) is 26.1. The van der Waals surface area contributed by atoms with Crippen LogP contribution in [0.3, 0.4) is 0 Å². The summed E-state index contributed by atoms with van der Waals surface area (Å²) in [5, 5.41) is 0. The van der Waals surface area contributed by atoms with Crippen LogP contribution in [0.1, 0.15) is 149 Å². The van der Waals surface area contributed by atoms with Crippen LogP contribution in [0.15, 0.2) is 0 Å². The summed E-state index contributed by atoms with van der Waals surface area (Å²) >= 11 is 0. The predicted molar refractivity (Wildman–Crippen MR) is 136 cm³/mol. The van der Waals surface area contributed by atoms with E-state index in [-0.39, 0.29) is 12.1 Å². The Morgan fingerprint density at radius 2 is 1.06 bits per heavy atom. The number of esters is 1. The molecule has 2 nitrogen and oxygen atoms in total. The molecule has 32 heavy (non-hydrogen) atoms. The van der Waals surface area contributed by atoms with Gasteiger partial charge in [0, 0.05) is 6.42 Å². The number of ether oxygens (including phenoxy) is 1. The Morgan fingerprint density at radius 1 is 0.594 bits per heavy atom. The van der Waals surface area contributed by atoms with Crippen molar-refractivity contribution in [2.24, 2.45) is 29.6 Å². The van der Waals surface area contributed by atoms with Crippen molar-refractivity contribution in [1.82, 2.24) is 0 Å². The van der Waals surface area contributed by atoms with E-state index >= 15 is 0 Å². The summed E-state index contributed by atoms with van der Waals surface area (Å²) in [7, 11) is 0. The van der Waals surface area contributed by atoms with Crippen molar-refractivity contribution in [2.45, 2.75) is 155 Å². The van der Waals surface area contributed by atoms with Crippen LogP contribution in [0.4, 0.5) is 0 Å². The van der Waals surface area contributed by atoms with Gasteiger partial charge in [0.15, 0.2) is 0 Å². The lowest BCUT2D eigenvalue weighted by Crippen LogP contribution is -2.29. The molecule has 3 rings (SSSR count). The van der Waals surface area contributed by atoms with E-state index in [4.69, 9.17) is 4.74 Å². The average Bonchev–Trinajstić information content (AvgIpc) is 2.84. The van der Waals surface area contributed by atoms with Gasteiger partial charge in [-0.1, -0.05) is 104 Å². The summed E-state index contributed by atoms with van der Waals surface area (Å²) in [6.45, 7) is 4.21. The van der Waals surface area contributed by atoms with Crippen LogP contribution in [0.5, 0.6) is 0 Å². The summed E-state index contributed by atoms with van der Waals surface area (Å²) in [5.41, 5.74) is 0. The molecule has 0 unspecified atom stereocenters. The number of carbonyl (C=O) groups excluding carboxylic acids is 1. The van der Waals surface area contributed by atoms with E-state index in [0.717, 1.165) is 42.4 Å². The number of rotatable bonds is 12. The standard InChI is InChI=1S/C30H54O2/c1-3-5-6-7-8-9-24-10-12-25(13-11-24)14-15-26-16-18-27(19-17-26)28-20-22-29(23-21-28)32-30(31)4-2/h24-29H,3-23H2,1-2H3/t24-,25-,26-,27-,28-,29-. The largest absolute Gasteiger partial charge is 0.462 e. The Morgan fingerprint density at radius 3 is 1.59 bits per heavy atom. The lowest BCUT2D eigenvalue weighted by molar-refractivity contribution is -0.150. The van der Waals surface area contributed by atoms with Crippen molar-refractivity contribution < 1.29 is 9.53 Å². The van der Waals surface area contributed by atoms with Crippen molar-refractivity contribution in [3.63, 3.8) is 0 Å². The fourth-order valence-corrected chi connectivity index (χ4v) is 7.21. The number of hydrogen-bond donors (Lipinski definition) is 0. The van der Waals surface area contributed by atoms with Gasteiger partial charge in [0.2, 0.25) is 0 Å². The molecular weight excluding hydrogens is 392 g/mol. The molecule has 3 fully saturated rings. The first-order valence-electron chi connectivity index (χ1n) is 14.9. The third-order valence-electron chi connectivity index (χ3n) is 9.53. The van der Waals surface area contributed by atoms with E-state index < -0.39 is 0 Å². The second-order valence-electron chi connectivity index (χ2n) is 11.8. The number of carbonyl (C=O) groups is 1.